The predicted octanol–water partition coefficient (Wildman–Crippen LogP) is 5.67. The summed E-state index contributed by atoms with van der Waals surface area (Å²) in [5.41, 5.74) is 3.05. The van der Waals surface area contributed by atoms with Gasteiger partial charge in [-0.3, -0.25) is 9.52 Å². The number of nitrogens with one attached hydrogen (secondary N) is 2. The second kappa shape index (κ2) is 9.51. The monoisotopic (exact) mass is 462 g/mol. The van der Waals surface area contributed by atoms with Crippen molar-refractivity contribution in [1.82, 2.24) is 0 Å². The molecule has 0 fully saturated rings. The lowest BCUT2D eigenvalue weighted by molar-refractivity contribution is -0.116. The van der Waals surface area contributed by atoms with E-state index >= 15 is 0 Å². The van der Waals surface area contributed by atoms with E-state index in [-0.39, 0.29) is 16.5 Å². The molecule has 0 aromatic heterocycles. The lowest BCUT2D eigenvalue weighted by atomic mass is 10.1. The number of amides is 1. The molecule has 156 valence electrons. The number of carbonyl (C=O) groups excluding carboxylic acids is 1. The summed E-state index contributed by atoms with van der Waals surface area (Å²) in [6, 6.07) is 18.4. The van der Waals surface area contributed by atoms with Crippen molar-refractivity contribution in [2.75, 3.05) is 10.0 Å². The van der Waals surface area contributed by atoms with Crippen LogP contribution in [0, 0.1) is 6.92 Å². The number of hydrogen-bond acceptors (Lipinski definition) is 3. The summed E-state index contributed by atoms with van der Waals surface area (Å²) >= 11 is 11.8. The summed E-state index contributed by atoms with van der Waals surface area (Å²) in [5.74, 6) is -0.141. The number of aryl methyl sites for hydroxylation is 2. The summed E-state index contributed by atoms with van der Waals surface area (Å²) in [6.45, 7) is 2.01. The van der Waals surface area contributed by atoms with Crippen LogP contribution in [-0.2, 0) is 21.2 Å². The summed E-state index contributed by atoms with van der Waals surface area (Å²) in [5, 5.41) is 3.42. The number of hydrogen-bond donors (Lipinski definition) is 2. The van der Waals surface area contributed by atoms with Crippen LogP contribution in [0.1, 0.15) is 17.5 Å². The van der Waals surface area contributed by atoms with Gasteiger partial charge in [-0.15, -0.1) is 0 Å². The van der Waals surface area contributed by atoms with Gasteiger partial charge in [0, 0.05) is 22.2 Å². The molecule has 0 bridgehead atoms. The van der Waals surface area contributed by atoms with Crippen LogP contribution < -0.4 is 10.0 Å². The van der Waals surface area contributed by atoms with Gasteiger partial charge in [-0.2, -0.15) is 0 Å². The van der Waals surface area contributed by atoms with E-state index < -0.39 is 10.0 Å². The lowest BCUT2D eigenvalue weighted by Gasteiger charge is -2.10. The van der Waals surface area contributed by atoms with E-state index in [0.29, 0.717) is 28.6 Å². The Labute approximate surface area is 186 Å². The highest BCUT2D eigenvalue weighted by atomic mass is 35.5. The van der Waals surface area contributed by atoms with Crippen molar-refractivity contribution in [2.45, 2.75) is 24.7 Å². The number of anilines is 2. The molecular weight excluding hydrogens is 443 g/mol. The average Bonchev–Trinajstić information content (AvgIpc) is 2.67. The van der Waals surface area contributed by atoms with Crippen molar-refractivity contribution in [3.63, 3.8) is 0 Å². The molecule has 3 rings (SSSR count). The first-order chi connectivity index (χ1) is 14.2. The van der Waals surface area contributed by atoms with Gasteiger partial charge in [0.05, 0.1) is 10.6 Å². The molecule has 3 aromatic rings. The Hall–Kier alpha value is -2.54. The Kier molecular flexibility index (Phi) is 7.02. The normalized spacial score (nSPS) is 11.2. The molecule has 3 aromatic carbocycles. The molecule has 0 saturated heterocycles. The van der Waals surface area contributed by atoms with Crippen LogP contribution in [-0.4, -0.2) is 14.3 Å². The summed E-state index contributed by atoms with van der Waals surface area (Å²) in [4.78, 5) is 12.2. The fourth-order valence-corrected chi connectivity index (χ4v) is 4.35. The second-order valence-corrected chi connectivity index (χ2v) is 9.38. The third-order valence-corrected chi connectivity index (χ3v) is 6.16. The van der Waals surface area contributed by atoms with Crippen molar-refractivity contribution in [3.8, 4) is 0 Å². The average molecular weight is 463 g/mol. The number of halogens is 2. The molecule has 0 heterocycles. The molecule has 2 N–H and O–H groups in total. The Morgan fingerprint density at radius 2 is 1.47 bits per heavy atom. The first kappa shape index (κ1) is 22.2. The molecule has 0 saturated carbocycles. The number of rotatable bonds is 7. The minimum absolute atomic E-state index is 0.0521. The van der Waals surface area contributed by atoms with Crippen LogP contribution >= 0.6 is 23.2 Å². The van der Waals surface area contributed by atoms with Crippen LogP contribution in [0.15, 0.2) is 71.6 Å². The zero-order valence-electron chi connectivity index (χ0n) is 16.2. The van der Waals surface area contributed by atoms with Gasteiger partial charge in [0.1, 0.15) is 0 Å². The van der Waals surface area contributed by atoms with Gasteiger partial charge in [-0.1, -0.05) is 53.0 Å². The third-order valence-electron chi connectivity index (χ3n) is 4.32. The van der Waals surface area contributed by atoms with Crippen molar-refractivity contribution in [2.24, 2.45) is 0 Å². The minimum Gasteiger partial charge on any atom is -0.326 e. The quantitative estimate of drug-likeness (QED) is 0.474. The largest absolute Gasteiger partial charge is 0.326 e. The van der Waals surface area contributed by atoms with E-state index in [1.165, 1.54) is 35.9 Å². The summed E-state index contributed by atoms with van der Waals surface area (Å²) < 4.78 is 27.5. The zero-order chi connectivity index (χ0) is 21.7. The Balaban J connectivity index is 1.60. The highest BCUT2D eigenvalue weighted by Crippen LogP contribution is 2.25. The SMILES string of the molecule is Cc1ccc(CCC(=O)Nc2ccc(S(=O)(=O)Nc3cc(Cl)cc(Cl)c3)cc2)cc1. The zero-order valence-corrected chi connectivity index (χ0v) is 18.5. The molecule has 5 nitrogen and oxygen atoms in total. The van der Waals surface area contributed by atoms with Crippen molar-refractivity contribution in [3.05, 3.63) is 87.9 Å². The van der Waals surface area contributed by atoms with Crippen LogP contribution in [0.25, 0.3) is 0 Å². The van der Waals surface area contributed by atoms with Gasteiger partial charge in [0.2, 0.25) is 5.91 Å². The van der Waals surface area contributed by atoms with E-state index in [9.17, 15) is 13.2 Å². The molecule has 30 heavy (non-hydrogen) atoms. The van der Waals surface area contributed by atoms with E-state index in [2.05, 4.69) is 10.0 Å². The van der Waals surface area contributed by atoms with Crippen molar-refractivity contribution >= 4 is 50.5 Å². The highest BCUT2D eigenvalue weighted by Gasteiger charge is 2.15. The smallest absolute Gasteiger partial charge is 0.261 e. The Morgan fingerprint density at radius 3 is 2.07 bits per heavy atom. The number of sulfonamides is 1. The second-order valence-electron chi connectivity index (χ2n) is 6.82. The minimum atomic E-state index is -3.82. The number of carbonyl (C=O) groups is 1. The molecule has 0 unspecified atom stereocenters. The van der Waals surface area contributed by atoms with Crippen LogP contribution in [0.4, 0.5) is 11.4 Å². The Morgan fingerprint density at radius 1 is 0.867 bits per heavy atom. The fraction of sp³-hybridized carbons (Fsp3) is 0.136. The van der Waals surface area contributed by atoms with Gasteiger partial charge >= 0.3 is 0 Å². The van der Waals surface area contributed by atoms with Crippen LogP contribution in [0.3, 0.4) is 0 Å². The van der Waals surface area contributed by atoms with Crippen molar-refractivity contribution in [1.29, 1.82) is 0 Å². The van der Waals surface area contributed by atoms with E-state index in [4.69, 9.17) is 23.2 Å². The maximum Gasteiger partial charge on any atom is 0.261 e. The predicted molar refractivity (Wildman–Crippen MR) is 122 cm³/mol. The van der Waals surface area contributed by atoms with E-state index in [1.54, 1.807) is 12.1 Å². The molecule has 1 amide bonds. The van der Waals surface area contributed by atoms with Gasteiger partial charge < -0.3 is 5.32 Å². The molecule has 0 spiro atoms. The topological polar surface area (TPSA) is 75.3 Å². The van der Waals surface area contributed by atoms with Crippen molar-refractivity contribution < 1.29 is 13.2 Å². The van der Waals surface area contributed by atoms with Gasteiger partial charge in [-0.05, 0) is 61.4 Å². The fourth-order valence-electron chi connectivity index (χ4n) is 2.78. The molecule has 0 aliphatic carbocycles. The van der Waals surface area contributed by atoms with Gasteiger partial charge in [-0.25, -0.2) is 8.42 Å². The maximum atomic E-state index is 12.6. The first-order valence-corrected chi connectivity index (χ1v) is 11.4. The Bertz CT molecular complexity index is 1130. The van der Waals surface area contributed by atoms with E-state index in [1.807, 2.05) is 31.2 Å². The lowest BCUT2D eigenvalue weighted by Crippen LogP contribution is -2.14. The molecular formula is C22H20Cl2N2O3S. The van der Waals surface area contributed by atoms with E-state index in [0.717, 1.165) is 5.56 Å². The number of benzene rings is 3. The molecule has 0 radical (unpaired) electrons. The van der Waals surface area contributed by atoms with Crippen LogP contribution in [0.2, 0.25) is 10.0 Å². The maximum absolute atomic E-state index is 12.6. The van der Waals surface area contributed by atoms with Gasteiger partial charge in [0.25, 0.3) is 10.0 Å². The standard InChI is InChI=1S/C22H20Cl2N2O3S/c1-15-2-4-16(5-3-15)6-11-22(27)25-19-7-9-21(10-8-19)30(28,29)26-20-13-17(23)12-18(24)14-20/h2-5,7-10,12-14,26H,6,11H2,1H3,(H,25,27). The van der Waals surface area contributed by atoms with Crippen LogP contribution in [0.5, 0.6) is 0 Å². The first-order valence-electron chi connectivity index (χ1n) is 9.16. The molecule has 0 aliphatic rings. The third kappa shape index (κ3) is 6.23. The summed E-state index contributed by atoms with van der Waals surface area (Å²) in [7, 11) is -3.82. The summed E-state index contributed by atoms with van der Waals surface area (Å²) in [6.07, 6.45) is 0.963. The molecule has 0 atom stereocenters. The highest BCUT2D eigenvalue weighted by molar-refractivity contribution is 7.92. The molecule has 0 aliphatic heterocycles. The molecule has 8 heteroatoms. The van der Waals surface area contributed by atoms with Gasteiger partial charge in [0.15, 0.2) is 0 Å².